The van der Waals surface area contributed by atoms with Gasteiger partial charge in [0.25, 0.3) is 0 Å². The van der Waals surface area contributed by atoms with Crippen LogP contribution in [0.5, 0.6) is 0 Å². The van der Waals surface area contributed by atoms with Gasteiger partial charge in [-0.05, 0) is 19.8 Å². The Hall–Kier alpha value is -0.870. The first-order chi connectivity index (χ1) is 8.07. The van der Waals surface area contributed by atoms with Crippen molar-refractivity contribution in [2.24, 2.45) is 12.5 Å². The molecule has 1 saturated carbocycles. The summed E-state index contributed by atoms with van der Waals surface area (Å²) >= 11 is 0. The molecule has 4 nitrogen and oxygen atoms in total. The molecule has 2 N–H and O–H groups in total. The van der Waals surface area contributed by atoms with Crippen LogP contribution >= 0.6 is 0 Å². The van der Waals surface area contributed by atoms with Gasteiger partial charge in [0.1, 0.15) is 0 Å². The number of hydrogen-bond donors (Lipinski definition) is 2. The molecule has 0 radical (unpaired) electrons. The predicted molar refractivity (Wildman–Crippen MR) is 67.6 cm³/mol. The monoisotopic (exact) mass is 237 g/mol. The Morgan fingerprint density at radius 3 is 3.00 bits per heavy atom. The van der Waals surface area contributed by atoms with Gasteiger partial charge in [-0.2, -0.15) is 5.10 Å². The van der Waals surface area contributed by atoms with Crippen LogP contribution in [-0.4, -0.2) is 27.5 Å². The van der Waals surface area contributed by atoms with Crippen molar-refractivity contribution >= 4 is 0 Å². The summed E-state index contributed by atoms with van der Waals surface area (Å²) in [7, 11) is 1.96. The first-order valence-corrected chi connectivity index (χ1v) is 6.38. The maximum absolute atomic E-state index is 9.50. The smallest absolute Gasteiger partial charge is 0.0537 e. The molecule has 0 aromatic carbocycles. The maximum atomic E-state index is 9.50. The van der Waals surface area contributed by atoms with Crippen molar-refractivity contribution in [3.8, 4) is 0 Å². The second-order valence-corrected chi connectivity index (χ2v) is 5.52. The lowest BCUT2D eigenvalue weighted by atomic mass is 9.86. The van der Waals surface area contributed by atoms with Gasteiger partial charge in [0.15, 0.2) is 0 Å². The molecule has 96 valence electrons. The van der Waals surface area contributed by atoms with Crippen LogP contribution in [0.15, 0.2) is 6.20 Å². The highest BCUT2D eigenvalue weighted by atomic mass is 16.3. The van der Waals surface area contributed by atoms with Crippen LogP contribution in [0.4, 0.5) is 0 Å². The number of aliphatic hydroxyl groups excluding tert-OH is 1. The Kier molecular flexibility index (Phi) is 3.54. The van der Waals surface area contributed by atoms with Gasteiger partial charge in [-0.1, -0.05) is 13.3 Å². The van der Waals surface area contributed by atoms with E-state index in [4.69, 9.17) is 0 Å². The third-order valence-electron chi connectivity index (χ3n) is 4.32. The fourth-order valence-electron chi connectivity index (χ4n) is 2.72. The Bertz CT molecular complexity index is 388. The zero-order chi connectivity index (χ0) is 12.5. The molecule has 0 aliphatic heterocycles. The van der Waals surface area contributed by atoms with E-state index in [1.54, 1.807) is 0 Å². The van der Waals surface area contributed by atoms with Crippen molar-refractivity contribution < 1.29 is 5.11 Å². The molecule has 1 heterocycles. The molecule has 1 fully saturated rings. The summed E-state index contributed by atoms with van der Waals surface area (Å²) in [5.74, 6) is 0. The van der Waals surface area contributed by atoms with Gasteiger partial charge in [-0.15, -0.1) is 0 Å². The average molecular weight is 237 g/mol. The Morgan fingerprint density at radius 1 is 1.65 bits per heavy atom. The van der Waals surface area contributed by atoms with Gasteiger partial charge >= 0.3 is 0 Å². The van der Waals surface area contributed by atoms with Crippen molar-refractivity contribution in [3.63, 3.8) is 0 Å². The highest BCUT2D eigenvalue weighted by Gasteiger charge is 2.37. The van der Waals surface area contributed by atoms with Gasteiger partial charge < -0.3 is 10.4 Å². The number of aliphatic hydroxyl groups is 1. The van der Waals surface area contributed by atoms with Crippen molar-refractivity contribution in [2.75, 3.05) is 6.61 Å². The van der Waals surface area contributed by atoms with Crippen LogP contribution in [0, 0.1) is 12.3 Å². The minimum atomic E-state index is 0.0517. The first kappa shape index (κ1) is 12.6. The lowest BCUT2D eigenvalue weighted by molar-refractivity contribution is 0.118. The molecular weight excluding hydrogens is 214 g/mol. The molecule has 2 rings (SSSR count). The minimum Gasteiger partial charge on any atom is -0.396 e. The number of nitrogens with one attached hydrogen (secondary N) is 1. The van der Waals surface area contributed by atoms with E-state index >= 15 is 0 Å². The molecule has 1 aliphatic rings. The van der Waals surface area contributed by atoms with E-state index in [-0.39, 0.29) is 12.0 Å². The molecule has 4 heteroatoms. The Labute approximate surface area is 103 Å². The average Bonchev–Trinajstić information content (AvgIpc) is 2.84. The van der Waals surface area contributed by atoms with E-state index in [0.717, 1.165) is 19.4 Å². The molecule has 1 aromatic heterocycles. The largest absolute Gasteiger partial charge is 0.396 e. The molecule has 0 spiro atoms. The number of rotatable bonds is 4. The van der Waals surface area contributed by atoms with Crippen molar-refractivity contribution in [1.29, 1.82) is 0 Å². The first-order valence-electron chi connectivity index (χ1n) is 6.38. The van der Waals surface area contributed by atoms with Gasteiger partial charge in [0.05, 0.1) is 6.20 Å². The van der Waals surface area contributed by atoms with Crippen molar-refractivity contribution in [2.45, 2.75) is 45.7 Å². The number of aromatic nitrogens is 2. The third-order valence-corrected chi connectivity index (χ3v) is 4.32. The van der Waals surface area contributed by atoms with Crippen LogP contribution in [0.2, 0.25) is 0 Å². The molecule has 0 saturated heterocycles. The summed E-state index contributed by atoms with van der Waals surface area (Å²) in [6.07, 6.45) is 5.41. The third kappa shape index (κ3) is 2.38. The minimum absolute atomic E-state index is 0.0517. The summed E-state index contributed by atoms with van der Waals surface area (Å²) in [6.45, 7) is 5.38. The van der Waals surface area contributed by atoms with E-state index in [1.807, 2.05) is 17.9 Å². The van der Waals surface area contributed by atoms with Crippen molar-refractivity contribution in [3.05, 3.63) is 17.5 Å². The predicted octanol–water partition coefficient (Wildman–Crippen LogP) is 1.37. The van der Waals surface area contributed by atoms with E-state index in [9.17, 15) is 5.11 Å². The SMILES string of the molecule is Cc1c(CNC2CCCC2(C)CO)cnn1C. The topological polar surface area (TPSA) is 50.1 Å². The Morgan fingerprint density at radius 2 is 2.41 bits per heavy atom. The van der Waals surface area contributed by atoms with Gasteiger partial charge in [-0.25, -0.2) is 0 Å². The zero-order valence-corrected chi connectivity index (χ0v) is 11.0. The highest BCUT2D eigenvalue weighted by Crippen LogP contribution is 2.37. The Balaban J connectivity index is 1.96. The van der Waals surface area contributed by atoms with Crippen LogP contribution in [0.3, 0.4) is 0 Å². The lowest BCUT2D eigenvalue weighted by Gasteiger charge is -2.30. The van der Waals surface area contributed by atoms with E-state index in [1.165, 1.54) is 17.7 Å². The van der Waals surface area contributed by atoms with Crippen LogP contribution in [0.25, 0.3) is 0 Å². The molecule has 1 aliphatic carbocycles. The second kappa shape index (κ2) is 4.78. The number of nitrogens with zero attached hydrogens (tertiary/aromatic N) is 2. The molecule has 1 aromatic rings. The maximum Gasteiger partial charge on any atom is 0.0537 e. The summed E-state index contributed by atoms with van der Waals surface area (Å²) in [4.78, 5) is 0. The summed E-state index contributed by atoms with van der Waals surface area (Å²) < 4.78 is 1.90. The molecule has 2 unspecified atom stereocenters. The normalized spacial score (nSPS) is 28.8. The standard InChI is InChI=1S/C13H23N3O/c1-10-11(8-15-16(10)3)7-14-12-5-4-6-13(12,2)9-17/h8,12,14,17H,4-7,9H2,1-3H3. The van der Waals surface area contributed by atoms with E-state index in [0.29, 0.717) is 6.04 Å². The molecule has 0 bridgehead atoms. The van der Waals surface area contributed by atoms with Crippen LogP contribution in [0.1, 0.15) is 37.4 Å². The van der Waals surface area contributed by atoms with Crippen LogP contribution < -0.4 is 5.32 Å². The van der Waals surface area contributed by atoms with Gasteiger partial charge in [0, 0.05) is 42.9 Å². The molecule has 2 atom stereocenters. The fourth-order valence-corrected chi connectivity index (χ4v) is 2.72. The number of aryl methyl sites for hydroxylation is 1. The highest BCUT2D eigenvalue weighted by molar-refractivity contribution is 5.15. The summed E-state index contributed by atoms with van der Waals surface area (Å²) in [5, 5.41) is 17.3. The lowest BCUT2D eigenvalue weighted by Crippen LogP contribution is -2.41. The van der Waals surface area contributed by atoms with E-state index < -0.39 is 0 Å². The second-order valence-electron chi connectivity index (χ2n) is 5.52. The molecular formula is C13H23N3O. The molecule has 0 amide bonds. The van der Waals surface area contributed by atoms with Gasteiger partial charge in [-0.3, -0.25) is 4.68 Å². The van der Waals surface area contributed by atoms with Crippen molar-refractivity contribution in [1.82, 2.24) is 15.1 Å². The van der Waals surface area contributed by atoms with E-state index in [2.05, 4.69) is 24.3 Å². The quantitative estimate of drug-likeness (QED) is 0.831. The fraction of sp³-hybridized carbons (Fsp3) is 0.769. The zero-order valence-electron chi connectivity index (χ0n) is 11.0. The number of hydrogen-bond acceptors (Lipinski definition) is 3. The summed E-state index contributed by atoms with van der Waals surface area (Å²) in [5.41, 5.74) is 2.51. The molecule has 17 heavy (non-hydrogen) atoms. The van der Waals surface area contributed by atoms with Gasteiger partial charge in [0.2, 0.25) is 0 Å². The summed E-state index contributed by atoms with van der Waals surface area (Å²) in [6, 6.07) is 0.423. The van der Waals surface area contributed by atoms with Crippen LogP contribution in [-0.2, 0) is 13.6 Å².